The summed E-state index contributed by atoms with van der Waals surface area (Å²) in [5.74, 6) is -0.720. The number of aromatic nitrogens is 1. The molecule has 0 aliphatic carbocycles. The summed E-state index contributed by atoms with van der Waals surface area (Å²) in [6.45, 7) is 3.99. The molecule has 1 aromatic heterocycles. The second-order valence-corrected chi connectivity index (χ2v) is 5.04. The SMILES string of the molecule is CC(C)c1cc(C(=O)O)c2cccc(Br)c2n1. The van der Waals surface area contributed by atoms with E-state index in [9.17, 15) is 9.90 Å². The fraction of sp³-hybridized carbons (Fsp3) is 0.231. The first-order valence-corrected chi connectivity index (χ1v) is 6.12. The number of hydrogen-bond donors (Lipinski definition) is 1. The van der Waals surface area contributed by atoms with Crippen molar-refractivity contribution >= 4 is 32.8 Å². The molecule has 1 N–H and O–H groups in total. The molecule has 0 atom stereocenters. The molecule has 0 spiro atoms. The Kier molecular flexibility index (Phi) is 3.15. The fourth-order valence-corrected chi connectivity index (χ4v) is 2.16. The smallest absolute Gasteiger partial charge is 0.336 e. The van der Waals surface area contributed by atoms with E-state index in [0.29, 0.717) is 16.5 Å². The molecular formula is C13H12BrNO2. The van der Waals surface area contributed by atoms with Crippen LogP contribution in [0.25, 0.3) is 10.9 Å². The van der Waals surface area contributed by atoms with Crippen molar-refractivity contribution in [3.63, 3.8) is 0 Å². The van der Waals surface area contributed by atoms with Gasteiger partial charge in [0.05, 0.1) is 11.1 Å². The van der Waals surface area contributed by atoms with Crippen LogP contribution in [0.15, 0.2) is 28.7 Å². The van der Waals surface area contributed by atoms with Crippen molar-refractivity contribution in [2.45, 2.75) is 19.8 Å². The number of fused-ring (bicyclic) bond motifs is 1. The standard InChI is InChI=1S/C13H12BrNO2/c1-7(2)11-6-9(13(16)17)8-4-3-5-10(14)12(8)15-11/h3-7H,1-2H3,(H,16,17). The zero-order valence-corrected chi connectivity index (χ0v) is 11.2. The highest BCUT2D eigenvalue weighted by atomic mass is 79.9. The minimum Gasteiger partial charge on any atom is -0.478 e. The number of benzene rings is 1. The molecule has 2 rings (SSSR count). The molecule has 0 amide bonds. The Morgan fingerprint density at radius 1 is 1.41 bits per heavy atom. The summed E-state index contributed by atoms with van der Waals surface area (Å²) >= 11 is 3.41. The molecule has 0 aliphatic heterocycles. The van der Waals surface area contributed by atoms with Crippen LogP contribution >= 0.6 is 15.9 Å². The van der Waals surface area contributed by atoms with E-state index in [0.717, 1.165) is 10.2 Å². The second-order valence-electron chi connectivity index (χ2n) is 4.19. The molecule has 1 aromatic carbocycles. The maximum absolute atomic E-state index is 11.3. The second kappa shape index (κ2) is 4.45. The van der Waals surface area contributed by atoms with Gasteiger partial charge in [0.25, 0.3) is 0 Å². The quantitative estimate of drug-likeness (QED) is 0.916. The first-order valence-electron chi connectivity index (χ1n) is 5.33. The van der Waals surface area contributed by atoms with Gasteiger partial charge in [0.2, 0.25) is 0 Å². The third-order valence-corrected chi connectivity index (χ3v) is 3.27. The summed E-state index contributed by atoms with van der Waals surface area (Å²) in [5.41, 5.74) is 1.80. The average Bonchev–Trinajstić information content (AvgIpc) is 2.28. The van der Waals surface area contributed by atoms with Crippen LogP contribution in [-0.4, -0.2) is 16.1 Å². The predicted molar refractivity (Wildman–Crippen MR) is 70.5 cm³/mol. The van der Waals surface area contributed by atoms with Crippen LogP contribution < -0.4 is 0 Å². The van der Waals surface area contributed by atoms with Crippen LogP contribution in [-0.2, 0) is 0 Å². The third-order valence-electron chi connectivity index (χ3n) is 2.63. The van der Waals surface area contributed by atoms with Gasteiger partial charge < -0.3 is 5.11 Å². The molecule has 4 heteroatoms. The molecule has 0 unspecified atom stereocenters. The van der Waals surface area contributed by atoms with E-state index < -0.39 is 5.97 Å². The number of carbonyl (C=O) groups is 1. The van der Waals surface area contributed by atoms with Gasteiger partial charge in [-0.1, -0.05) is 26.0 Å². The molecule has 0 fully saturated rings. The predicted octanol–water partition coefficient (Wildman–Crippen LogP) is 3.82. The van der Waals surface area contributed by atoms with Crippen LogP contribution in [0, 0.1) is 0 Å². The van der Waals surface area contributed by atoms with Crippen molar-refractivity contribution in [3.05, 3.63) is 40.0 Å². The van der Waals surface area contributed by atoms with E-state index in [1.54, 1.807) is 12.1 Å². The summed E-state index contributed by atoms with van der Waals surface area (Å²) in [4.78, 5) is 15.8. The minimum atomic E-state index is -0.919. The van der Waals surface area contributed by atoms with Crippen LogP contribution in [0.5, 0.6) is 0 Å². The highest BCUT2D eigenvalue weighted by molar-refractivity contribution is 9.10. The van der Waals surface area contributed by atoms with Crippen molar-refractivity contribution in [2.24, 2.45) is 0 Å². The van der Waals surface area contributed by atoms with Crippen molar-refractivity contribution < 1.29 is 9.90 Å². The first kappa shape index (κ1) is 12.0. The lowest BCUT2D eigenvalue weighted by Gasteiger charge is -2.10. The van der Waals surface area contributed by atoms with E-state index in [1.807, 2.05) is 26.0 Å². The van der Waals surface area contributed by atoms with Gasteiger partial charge in [0, 0.05) is 15.6 Å². The van der Waals surface area contributed by atoms with Gasteiger partial charge in [-0.2, -0.15) is 0 Å². The van der Waals surface area contributed by atoms with Crippen LogP contribution in [0.3, 0.4) is 0 Å². The molecular weight excluding hydrogens is 282 g/mol. The molecule has 0 aliphatic rings. The Bertz CT molecular complexity index is 593. The lowest BCUT2D eigenvalue weighted by atomic mass is 10.0. The number of para-hydroxylation sites is 1. The molecule has 0 bridgehead atoms. The average molecular weight is 294 g/mol. The topological polar surface area (TPSA) is 50.2 Å². The van der Waals surface area contributed by atoms with Crippen molar-refractivity contribution in [2.75, 3.05) is 0 Å². The van der Waals surface area contributed by atoms with Gasteiger partial charge in [-0.25, -0.2) is 4.79 Å². The summed E-state index contributed by atoms with van der Waals surface area (Å²) < 4.78 is 0.819. The number of carboxylic acid groups (broad SMARTS) is 1. The zero-order valence-electron chi connectivity index (χ0n) is 9.57. The van der Waals surface area contributed by atoms with E-state index in [-0.39, 0.29) is 5.92 Å². The zero-order chi connectivity index (χ0) is 12.6. The highest BCUT2D eigenvalue weighted by Crippen LogP contribution is 2.27. The first-order chi connectivity index (χ1) is 8.00. The number of pyridine rings is 1. The number of halogens is 1. The van der Waals surface area contributed by atoms with Crippen LogP contribution in [0.4, 0.5) is 0 Å². The van der Waals surface area contributed by atoms with E-state index in [4.69, 9.17) is 0 Å². The molecule has 0 radical (unpaired) electrons. The van der Waals surface area contributed by atoms with Crippen LogP contribution in [0.1, 0.15) is 35.8 Å². The van der Waals surface area contributed by atoms with Crippen molar-refractivity contribution in [3.8, 4) is 0 Å². The van der Waals surface area contributed by atoms with Gasteiger partial charge in [0.15, 0.2) is 0 Å². The highest BCUT2D eigenvalue weighted by Gasteiger charge is 2.14. The molecule has 0 saturated heterocycles. The van der Waals surface area contributed by atoms with Gasteiger partial charge in [-0.15, -0.1) is 0 Å². The van der Waals surface area contributed by atoms with E-state index in [1.165, 1.54) is 0 Å². The molecule has 2 aromatic rings. The number of nitrogens with zero attached hydrogens (tertiary/aromatic N) is 1. The summed E-state index contributed by atoms with van der Waals surface area (Å²) in [6.07, 6.45) is 0. The normalized spacial score (nSPS) is 11.1. The van der Waals surface area contributed by atoms with E-state index >= 15 is 0 Å². The number of aromatic carboxylic acids is 1. The third kappa shape index (κ3) is 2.17. The maximum atomic E-state index is 11.3. The monoisotopic (exact) mass is 293 g/mol. The Morgan fingerprint density at radius 2 is 2.12 bits per heavy atom. The lowest BCUT2D eigenvalue weighted by molar-refractivity contribution is 0.0699. The molecule has 1 heterocycles. The van der Waals surface area contributed by atoms with Crippen LogP contribution in [0.2, 0.25) is 0 Å². The molecule has 17 heavy (non-hydrogen) atoms. The Hall–Kier alpha value is -1.42. The van der Waals surface area contributed by atoms with Crippen molar-refractivity contribution in [1.82, 2.24) is 4.98 Å². The van der Waals surface area contributed by atoms with Gasteiger partial charge >= 0.3 is 5.97 Å². The Morgan fingerprint density at radius 3 is 2.71 bits per heavy atom. The fourth-order valence-electron chi connectivity index (χ4n) is 1.71. The lowest BCUT2D eigenvalue weighted by Crippen LogP contribution is -2.03. The van der Waals surface area contributed by atoms with E-state index in [2.05, 4.69) is 20.9 Å². The summed E-state index contributed by atoms with van der Waals surface area (Å²) in [5, 5.41) is 9.90. The van der Waals surface area contributed by atoms with Gasteiger partial charge in [-0.3, -0.25) is 4.98 Å². The number of carboxylic acids is 1. The Balaban J connectivity index is 2.86. The Labute approximate surface area is 108 Å². The molecule has 3 nitrogen and oxygen atoms in total. The van der Waals surface area contributed by atoms with Gasteiger partial charge in [-0.05, 0) is 34.0 Å². The molecule has 88 valence electrons. The minimum absolute atomic E-state index is 0.199. The van der Waals surface area contributed by atoms with Gasteiger partial charge in [0.1, 0.15) is 0 Å². The summed E-state index contributed by atoms with van der Waals surface area (Å²) in [7, 11) is 0. The maximum Gasteiger partial charge on any atom is 0.336 e. The largest absolute Gasteiger partial charge is 0.478 e. The number of rotatable bonds is 2. The summed E-state index contributed by atoms with van der Waals surface area (Å²) in [6, 6.07) is 7.11. The van der Waals surface area contributed by atoms with Crippen molar-refractivity contribution in [1.29, 1.82) is 0 Å². The molecule has 0 saturated carbocycles. The number of hydrogen-bond acceptors (Lipinski definition) is 2.